The summed E-state index contributed by atoms with van der Waals surface area (Å²) in [5.74, 6) is -0.289. The van der Waals surface area contributed by atoms with E-state index in [-0.39, 0.29) is 11.9 Å². The average molecular weight is 206 g/mol. The van der Waals surface area contributed by atoms with E-state index in [1.54, 1.807) is 13.8 Å². The van der Waals surface area contributed by atoms with E-state index in [1.807, 2.05) is 0 Å². The molecule has 2 heterocycles. The number of aromatic amines is 1. The maximum atomic E-state index is 11.6. The summed E-state index contributed by atoms with van der Waals surface area (Å²) in [5.41, 5.74) is 1.90. The number of hydrogen-bond acceptors (Lipinski definition) is 4. The Balaban J connectivity index is 2.14. The van der Waals surface area contributed by atoms with Crippen LogP contribution in [0.2, 0.25) is 0 Å². The highest BCUT2D eigenvalue weighted by atomic mass is 16.4. The second-order valence-corrected chi connectivity index (χ2v) is 3.16. The summed E-state index contributed by atoms with van der Waals surface area (Å²) in [4.78, 5) is 15.6. The van der Waals surface area contributed by atoms with Gasteiger partial charge in [-0.1, -0.05) is 0 Å². The van der Waals surface area contributed by atoms with E-state index in [9.17, 15) is 4.79 Å². The Hall–Kier alpha value is -2.11. The van der Waals surface area contributed by atoms with Crippen LogP contribution in [0.1, 0.15) is 21.7 Å². The zero-order valence-corrected chi connectivity index (χ0v) is 8.37. The molecule has 0 spiro atoms. The Morgan fingerprint density at radius 1 is 1.53 bits per heavy atom. The van der Waals surface area contributed by atoms with Crippen molar-refractivity contribution in [3.63, 3.8) is 0 Å². The van der Waals surface area contributed by atoms with Gasteiger partial charge in [0, 0.05) is 5.69 Å². The summed E-state index contributed by atoms with van der Waals surface area (Å²) >= 11 is 0. The molecule has 78 valence electrons. The molecule has 0 aliphatic carbocycles. The fraction of sp³-hybridized carbons (Fsp3) is 0.222. The van der Waals surface area contributed by atoms with Gasteiger partial charge in [-0.05, 0) is 13.8 Å². The molecule has 0 atom stereocenters. The fourth-order valence-electron chi connectivity index (χ4n) is 1.16. The second kappa shape index (κ2) is 3.56. The molecule has 1 amide bonds. The first-order valence-electron chi connectivity index (χ1n) is 4.40. The first-order valence-corrected chi connectivity index (χ1v) is 4.40. The highest BCUT2D eigenvalue weighted by molar-refractivity contribution is 6.03. The van der Waals surface area contributed by atoms with Crippen molar-refractivity contribution in [3.8, 4) is 0 Å². The zero-order valence-electron chi connectivity index (χ0n) is 8.37. The van der Waals surface area contributed by atoms with Crippen molar-refractivity contribution in [2.24, 2.45) is 0 Å². The van der Waals surface area contributed by atoms with E-state index in [0.29, 0.717) is 17.0 Å². The molecule has 2 aromatic rings. The number of rotatable bonds is 2. The van der Waals surface area contributed by atoms with E-state index in [1.165, 1.54) is 12.5 Å². The van der Waals surface area contributed by atoms with Crippen LogP contribution in [0.25, 0.3) is 0 Å². The average Bonchev–Trinajstić information content (AvgIpc) is 2.75. The lowest BCUT2D eigenvalue weighted by Gasteiger charge is -1.97. The molecule has 2 N–H and O–H groups in total. The van der Waals surface area contributed by atoms with E-state index >= 15 is 0 Å². The molecular weight excluding hydrogens is 196 g/mol. The van der Waals surface area contributed by atoms with Crippen molar-refractivity contribution in [1.82, 2.24) is 15.2 Å². The topological polar surface area (TPSA) is 83.8 Å². The number of aryl methyl sites for hydroxylation is 2. The molecule has 6 heteroatoms. The van der Waals surface area contributed by atoms with Crippen LogP contribution in [0.4, 0.5) is 6.01 Å². The molecule has 0 aliphatic rings. The summed E-state index contributed by atoms with van der Waals surface area (Å²) in [6, 6.07) is 0.193. The number of nitrogens with one attached hydrogen (secondary N) is 2. The van der Waals surface area contributed by atoms with Crippen LogP contribution in [0, 0.1) is 13.8 Å². The predicted octanol–water partition coefficient (Wildman–Crippen LogP) is 1.27. The minimum absolute atomic E-state index is 0.193. The molecule has 0 saturated carbocycles. The predicted molar refractivity (Wildman–Crippen MR) is 52.5 cm³/mol. The maximum absolute atomic E-state index is 11.6. The van der Waals surface area contributed by atoms with Gasteiger partial charge in [-0.2, -0.15) is 10.1 Å². The van der Waals surface area contributed by atoms with Crippen LogP contribution >= 0.6 is 0 Å². The molecular formula is C9H10N4O2. The number of amides is 1. The number of nitrogens with zero attached hydrogens (tertiary/aromatic N) is 2. The van der Waals surface area contributed by atoms with E-state index < -0.39 is 0 Å². The third-order valence-electron chi connectivity index (χ3n) is 1.91. The van der Waals surface area contributed by atoms with E-state index in [0.717, 1.165) is 0 Å². The van der Waals surface area contributed by atoms with Crippen molar-refractivity contribution in [2.75, 3.05) is 5.32 Å². The van der Waals surface area contributed by atoms with Crippen molar-refractivity contribution in [2.45, 2.75) is 13.8 Å². The lowest BCUT2D eigenvalue weighted by Crippen LogP contribution is -2.12. The Labute approximate surface area is 85.7 Å². The fourth-order valence-corrected chi connectivity index (χ4v) is 1.16. The van der Waals surface area contributed by atoms with Gasteiger partial charge >= 0.3 is 6.01 Å². The molecule has 0 fully saturated rings. The number of carbonyl (C=O) groups excluding carboxylic acids is 1. The summed E-state index contributed by atoms with van der Waals surface area (Å²) in [5, 5.41) is 8.96. The van der Waals surface area contributed by atoms with Crippen molar-refractivity contribution in [3.05, 3.63) is 29.4 Å². The quantitative estimate of drug-likeness (QED) is 0.774. The molecule has 0 saturated heterocycles. The van der Waals surface area contributed by atoms with Gasteiger partial charge < -0.3 is 4.42 Å². The number of aromatic nitrogens is 3. The molecule has 2 rings (SSSR count). The Morgan fingerprint density at radius 2 is 2.33 bits per heavy atom. The largest absolute Gasteiger partial charge is 0.432 e. The lowest BCUT2D eigenvalue weighted by atomic mass is 10.2. The number of anilines is 1. The zero-order chi connectivity index (χ0) is 10.8. The normalized spacial score (nSPS) is 10.3. The first-order chi connectivity index (χ1) is 7.16. The minimum atomic E-state index is -0.289. The Morgan fingerprint density at radius 3 is 2.87 bits per heavy atom. The van der Waals surface area contributed by atoms with Crippen LogP contribution in [0.15, 0.2) is 16.9 Å². The van der Waals surface area contributed by atoms with Crippen LogP contribution in [-0.4, -0.2) is 21.1 Å². The van der Waals surface area contributed by atoms with Gasteiger partial charge in [-0.25, -0.2) is 0 Å². The van der Waals surface area contributed by atoms with Crippen molar-refractivity contribution >= 4 is 11.9 Å². The molecule has 6 nitrogen and oxygen atoms in total. The number of H-pyrrole nitrogens is 1. The van der Waals surface area contributed by atoms with Crippen LogP contribution in [-0.2, 0) is 0 Å². The SMILES string of the molecule is Cc1coc(NC(=O)c2cn[nH]c2C)n1. The lowest BCUT2D eigenvalue weighted by molar-refractivity contribution is 0.102. The van der Waals surface area contributed by atoms with E-state index in [2.05, 4.69) is 20.5 Å². The van der Waals surface area contributed by atoms with E-state index in [4.69, 9.17) is 4.42 Å². The van der Waals surface area contributed by atoms with Crippen LogP contribution in [0.5, 0.6) is 0 Å². The van der Waals surface area contributed by atoms with Gasteiger partial charge in [0.05, 0.1) is 17.5 Å². The molecule has 0 unspecified atom stereocenters. The van der Waals surface area contributed by atoms with Gasteiger partial charge in [-0.15, -0.1) is 0 Å². The second-order valence-electron chi connectivity index (χ2n) is 3.16. The number of oxazole rings is 1. The highest BCUT2D eigenvalue weighted by Gasteiger charge is 2.12. The highest BCUT2D eigenvalue weighted by Crippen LogP contribution is 2.09. The molecule has 0 aliphatic heterocycles. The first kappa shape index (κ1) is 9.45. The summed E-state index contributed by atoms with van der Waals surface area (Å²) < 4.78 is 5.00. The molecule has 0 bridgehead atoms. The third-order valence-corrected chi connectivity index (χ3v) is 1.91. The molecule has 15 heavy (non-hydrogen) atoms. The van der Waals surface area contributed by atoms with Gasteiger partial charge in [0.2, 0.25) is 0 Å². The van der Waals surface area contributed by atoms with Crippen LogP contribution in [0.3, 0.4) is 0 Å². The summed E-state index contributed by atoms with van der Waals surface area (Å²) in [6.45, 7) is 3.55. The summed E-state index contributed by atoms with van der Waals surface area (Å²) in [7, 11) is 0. The maximum Gasteiger partial charge on any atom is 0.301 e. The molecule has 2 aromatic heterocycles. The number of carbonyl (C=O) groups is 1. The van der Waals surface area contributed by atoms with Gasteiger partial charge in [0.15, 0.2) is 0 Å². The standard InChI is InChI=1S/C9H10N4O2/c1-5-4-15-9(11-5)12-8(14)7-3-10-13-6(7)2/h3-4H,1-2H3,(H,10,13)(H,11,12,14). The minimum Gasteiger partial charge on any atom is -0.432 e. The smallest absolute Gasteiger partial charge is 0.301 e. The monoisotopic (exact) mass is 206 g/mol. The Bertz CT molecular complexity index is 486. The number of hydrogen-bond donors (Lipinski definition) is 2. The van der Waals surface area contributed by atoms with Gasteiger partial charge in [0.1, 0.15) is 6.26 Å². The molecule has 0 radical (unpaired) electrons. The summed E-state index contributed by atoms with van der Waals surface area (Å²) in [6.07, 6.45) is 2.93. The Kier molecular flexibility index (Phi) is 2.24. The van der Waals surface area contributed by atoms with Crippen molar-refractivity contribution < 1.29 is 9.21 Å². The van der Waals surface area contributed by atoms with Gasteiger partial charge in [-0.3, -0.25) is 15.2 Å². The third kappa shape index (κ3) is 1.88. The van der Waals surface area contributed by atoms with Crippen LogP contribution < -0.4 is 5.32 Å². The molecule has 0 aromatic carbocycles. The van der Waals surface area contributed by atoms with Gasteiger partial charge in [0.25, 0.3) is 5.91 Å². The van der Waals surface area contributed by atoms with Crippen molar-refractivity contribution in [1.29, 1.82) is 0 Å².